The first-order valence-corrected chi connectivity index (χ1v) is 9.34. The Morgan fingerprint density at radius 3 is 2.62 bits per heavy atom. The van der Waals surface area contributed by atoms with E-state index in [0.29, 0.717) is 17.2 Å². The van der Waals surface area contributed by atoms with Crippen LogP contribution in [0.1, 0.15) is 41.4 Å². The van der Waals surface area contributed by atoms with E-state index in [9.17, 15) is 9.59 Å². The summed E-state index contributed by atoms with van der Waals surface area (Å²) >= 11 is 0. The van der Waals surface area contributed by atoms with E-state index >= 15 is 0 Å². The van der Waals surface area contributed by atoms with E-state index in [0.717, 1.165) is 11.3 Å². The van der Waals surface area contributed by atoms with Crippen molar-refractivity contribution in [1.82, 2.24) is 24.6 Å². The molecule has 29 heavy (non-hydrogen) atoms. The van der Waals surface area contributed by atoms with E-state index in [2.05, 4.69) is 20.4 Å². The van der Waals surface area contributed by atoms with Gasteiger partial charge in [0.2, 0.25) is 5.91 Å². The molecule has 0 spiro atoms. The van der Waals surface area contributed by atoms with Crippen molar-refractivity contribution in [1.29, 1.82) is 0 Å². The Morgan fingerprint density at radius 1 is 1.17 bits per heavy atom. The molecule has 0 saturated heterocycles. The SMILES string of the molecule is Cc1ccnc(NC(=O)CN(C)C(=O)c2cnn(-c3ccccn3)c2C(C)C)c1. The van der Waals surface area contributed by atoms with Crippen LogP contribution in [0.3, 0.4) is 0 Å². The fourth-order valence-electron chi connectivity index (χ4n) is 3.02. The van der Waals surface area contributed by atoms with Gasteiger partial charge in [0.25, 0.3) is 5.91 Å². The summed E-state index contributed by atoms with van der Waals surface area (Å²) in [5.74, 6) is 0.547. The zero-order chi connectivity index (χ0) is 21.0. The van der Waals surface area contributed by atoms with Crippen LogP contribution < -0.4 is 5.32 Å². The summed E-state index contributed by atoms with van der Waals surface area (Å²) in [6, 6.07) is 9.14. The summed E-state index contributed by atoms with van der Waals surface area (Å²) in [5.41, 5.74) is 2.19. The monoisotopic (exact) mass is 392 g/mol. The Morgan fingerprint density at radius 2 is 1.97 bits per heavy atom. The lowest BCUT2D eigenvalue weighted by Gasteiger charge is -2.18. The number of anilines is 1. The van der Waals surface area contributed by atoms with Crippen LogP contribution in [0.5, 0.6) is 0 Å². The lowest BCUT2D eigenvalue weighted by Crippen LogP contribution is -2.35. The van der Waals surface area contributed by atoms with Crippen molar-refractivity contribution < 1.29 is 9.59 Å². The minimum absolute atomic E-state index is 0.0391. The number of amides is 2. The minimum Gasteiger partial charge on any atom is -0.332 e. The zero-order valence-corrected chi connectivity index (χ0v) is 17.0. The number of rotatable bonds is 6. The van der Waals surface area contributed by atoms with Gasteiger partial charge < -0.3 is 10.2 Å². The molecular weight excluding hydrogens is 368 g/mol. The molecule has 1 N–H and O–H groups in total. The minimum atomic E-state index is -0.317. The molecule has 0 bridgehead atoms. The highest BCUT2D eigenvalue weighted by Crippen LogP contribution is 2.23. The maximum atomic E-state index is 13.0. The van der Waals surface area contributed by atoms with E-state index in [1.54, 1.807) is 30.2 Å². The molecule has 0 aliphatic heterocycles. The molecular formula is C21H24N6O2. The second-order valence-corrected chi connectivity index (χ2v) is 7.13. The van der Waals surface area contributed by atoms with Crippen molar-refractivity contribution in [2.45, 2.75) is 26.7 Å². The van der Waals surface area contributed by atoms with Crippen molar-refractivity contribution in [3.8, 4) is 5.82 Å². The molecule has 0 aliphatic carbocycles. The normalized spacial score (nSPS) is 10.8. The molecule has 0 fully saturated rings. The number of likely N-dealkylation sites (N-methyl/N-ethyl adjacent to an activating group) is 1. The molecule has 0 unspecified atom stereocenters. The van der Waals surface area contributed by atoms with Gasteiger partial charge in [-0.2, -0.15) is 5.10 Å². The van der Waals surface area contributed by atoms with Gasteiger partial charge in [0.05, 0.1) is 24.0 Å². The van der Waals surface area contributed by atoms with Gasteiger partial charge >= 0.3 is 0 Å². The second-order valence-electron chi connectivity index (χ2n) is 7.13. The van der Waals surface area contributed by atoms with E-state index in [4.69, 9.17) is 0 Å². The summed E-state index contributed by atoms with van der Waals surface area (Å²) in [6.45, 7) is 5.80. The first-order chi connectivity index (χ1) is 13.9. The average Bonchev–Trinajstić information content (AvgIpc) is 3.13. The highest BCUT2D eigenvalue weighted by atomic mass is 16.2. The van der Waals surface area contributed by atoms with Crippen LogP contribution >= 0.6 is 0 Å². The second kappa shape index (κ2) is 8.64. The molecule has 8 nitrogen and oxygen atoms in total. The van der Waals surface area contributed by atoms with Crippen molar-refractivity contribution in [2.24, 2.45) is 0 Å². The smallest absolute Gasteiger partial charge is 0.257 e. The van der Waals surface area contributed by atoms with E-state index in [-0.39, 0.29) is 24.3 Å². The van der Waals surface area contributed by atoms with Crippen LogP contribution in [0.25, 0.3) is 5.82 Å². The van der Waals surface area contributed by atoms with Gasteiger partial charge in [0.1, 0.15) is 5.82 Å². The maximum absolute atomic E-state index is 13.0. The number of hydrogen-bond donors (Lipinski definition) is 1. The van der Waals surface area contributed by atoms with Crippen molar-refractivity contribution in [2.75, 3.05) is 18.9 Å². The third-order valence-corrected chi connectivity index (χ3v) is 4.36. The Kier molecular flexibility index (Phi) is 6.01. The van der Waals surface area contributed by atoms with E-state index in [1.807, 2.05) is 45.0 Å². The Bertz CT molecular complexity index is 1010. The molecule has 0 aliphatic rings. The molecule has 3 aromatic rings. The molecule has 8 heteroatoms. The van der Waals surface area contributed by atoms with E-state index < -0.39 is 0 Å². The lowest BCUT2D eigenvalue weighted by atomic mass is 10.0. The number of aromatic nitrogens is 4. The number of carbonyl (C=O) groups is 2. The van der Waals surface area contributed by atoms with Gasteiger partial charge in [-0.3, -0.25) is 9.59 Å². The first-order valence-electron chi connectivity index (χ1n) is 9.34. The number of hydrogen-bond acceptors (Lipinski definition) is 5. The Balaban J connectivity index is 1.77. The van der Waals surface area contributed by atoms with Crippen molar-refractivity contribution >= 4 is 17.6 Å². The van der Waals surface area contributed by atoms with Gasteiger partial charge in [0.15, 0.2) is 5.82 Å². The summed E-state index contributed by atoms with van der Waals surface area (Å²) in [6.07, 6.45) is 4.84. The van der Waals surface area contributed by atoms with Crippen LogP contribution in [0.15, 0.2) is 48.9 Å². The predicted octanol–water partition coefficient (Wildman–Crippen LogP) is 2.80. The number of pyridine rings is 2. The fraction of sp³-hybridized carbons (Fsp3) is 0.286. The van der Waals surface area contributed by atoms with Gasteiger partial charge in [-0.1, -0.05) is 19.9 Å². The van der Waals surface area contributed by atoms with Crippen LogP contribution in [0.4, 0.5) is 5.82 Å². The number of carbonyl (C=O) groups excluding carboxylic acids is 2. The summed E-state index contributed by atoms with van der Waals surface area (Å²) in [7, 11) is 1.59. The molecule has 150 valence electrons. The van der Waals surface area contributed by atoms with Gasteiger partial charge in [-0.15, -0.1) is 0 Å². The predicted molar refractivity (Wildman–Crippen MR) is 110 cm³/mol. The molecule has 0 aromatic carbocycles. The van der Waals surface area contributed by atoms with Crippen molar-refractivity contribution in [3.63, 3.8) is 0 Å². The molecule has 0 atom stereocenters. The third-order valence-electron chi connectivity index (χ3n) is 4.36. The molecule has 2 amide bonds. The standard InChI is InChI=1S/C21H24N6O2/c1-14(2)20-16(12-24-27(20)18-7-5-6-9-23-18)21(29)26(4)13-19(28)25-17-11-15(3)8-10-22-17/h5-12,14H,13H2,1-4H3,(H,22,25,28). The molecule has 3 rings (SSSR count). The highest BCUT2D eigenvalue weighted by Gasteiger charge is 2.24. The number of nitrogens with zero attached hydrogens (tertiary/aromatic N) is 5. The van der Waals surface area contributed by atoms with Gasteiger partial charge in [0, 0.05) is 19.4 Å². The van der Waals surface area contributed by atoms with Gasteiger partial charge in [-0.05, 0) is 42.7 Å². The molecule has 3 aromatic heterocycles. The molecule has 3 heterocycles. The van der Waals surface area contributed by atoms with Crippen molar-refractivity contribution in [3.05, 3.63) is 65.7 Å². The average molecular weight is 392 g/mol. The fourth-order valence-corrected chi connectivity index (χ4v) is 3.02. The van der Waals surface area contributed by atoms with Crippen LogP contribution in [0, 0.1) is 6.92 Å². The summed E-state index contributed by atoms with van der Waals surface area (Å²) in [5, 5.41) is 7.08. The Hall–Kier alpha value is -3.55. The molecule has 0 radical (unpaired) electrons. The lowest BCUT2D eigenvalue weighted by molar-refractivity contribution is -0.116. The number of aryl methyl sites for hydroxylation is 1. The highest BCUT2D eigenvalue weighted by molar-refractivity contribution is 5.99. The maximum Gasteiger partial charge on any atom is 0.257 e. The summed E-state index contributed by atoms with van der Waals surface area (Å²) in [4.78, 5) is 35.1. The van der Waals surface area contributed by atoms with Gasteiger partial charge in [-0.25, -0.2) is 14.6 Å². The first kappa shape index (κ1) is 20.2. The zero-order valence-electron chi connectivity index (χ0n) is 17.0. The van der Waals surface area contributed by atoms with Crippen LogP contribution in [-0.2, 0) is 4.79 Å². The van der Waals surface area contributed by atoms with Crippen LogP contribution in [0.2, 0.25) is 0 Å². The Labute approximate surface area is 169 Å². The molecule has 0 saturated carbocycles. The topological polar surface area (TPSA) is 93.0 Å². The quantitative estimate of drug-likeness (QED) is 0.696. The number of nitrogens with one attached hydrogen (secondary N) is 1. The van der Waals surface area contributed by atoms with Crippen LogP contribution in [-0.4, -0.2) is 50.1 Å². The third kappa shape index (κ3) is 4.66. The largest absolute Gasteiger partial charge is 0.332 e. The van der Waals surface area contributed by atoms with E-state index in [1.165, 1.54) is 11.1 Å². The summed E-state index contributed by atoms with van der Waals surface area (Å²) < 4.78 is 1.67.